The Bertz CT molecular complexity index is 748. The number of nitrogens with zero attached hydrogens (tertiary/aromatic N) is 2. The lowest BCUT2D eigenvalue weighted by molar-refractivity contribution is -0.383. The van der Waals surface area contributed by atoms with Crippen molar-refractivity contribution in [3.05, 3.63) is 63.7 Å². The average Bonchev–Trinajstić information content (AvgIpc) is 2.47. The van der Waals surface area contributed by atoms with E-state index in [-0.39, 0.29) is 16.9 Å². The molecule has 0 aliphatic heterocycles. The van der Waals surface area contributed by atoms with E-state index in [0.29, 0.717) is 11.3 Å². The quantitative estimate of drug-likeness (QED) is 0.658. The molecule has 0 amide bonds. The van der Waals surface area contributed by atoms with Crippen molar-refractivity contribution in [3.63, 3.8) is 0 Å². The smallest absolute Gasteiger partial charge is 0.335 e. The Morgan fingerprint density at radius 2 is 1.90 bits per heavy atom. The average molecular weight is 283 g/mol. The Kier molecular flexibility index (Phi) is 3.81. The highest BCUT2D eigenvalue weighted by atomic mass is 16.6. The summed E-state index contributed by atoms with van der Waals surface area (Å²) in [6, 6.07) is 11.7. The molecule has 0 aliphatic carbocycles. The Balaban J connectivity index is 2.40. The zero-order valence-electron chi connectivity index (χ0n) is 10.6. The SMILES string of the molecule is N#Cc1ccc(Nc2cc(C(=O)O)ccc2[N+](=O)[O-])cc1. The minimum atomic E-state index is -1.17. The molecule has 0 spiro atoms. The molecule has 7 nitrogen and oxygen atoms in total. The lowest BCUT2D eigenvalue weighted by Gasteiger charge is -2.08. The van der Waals surface area contributed by atoms with Crippen LogP contribution in [-0.2, 0) is 0 Å². The normalized spacial score (nSPS) is 9.67. The van der Waals surface area contributed by atoms with Crippen molar-refractivity contribution < 1.29 is 14.8 Å². The number of nitro benzene ring substituents is 1. The van der Waals surface area contributed by atoms with E-state index < -0.39 is 10.9 Å². The number of carbonyl (C=O) groups is 1. The second-order valence-electron chi connectivity index (χ2n) is 4.11. The van der Waals surface area contributed by atoms with Gasteiger partial charge < -0.3 is 10.4 Å². The van der Waals surface area contributed by atoms with Gasteiger partial charge in [-0.3, -0.25) is 10.1 Å². The van der Waals surface area contributed by atoms with Crippen LogP contribution >= 0.6 is 0 Å². The van der Waals surface area contributed by atoms with E-state index in [0.717, 1.165) is 6.07 Å². The van der Waals surface area contributed by atoms with Gasteiger partial charge in [-0.25, -0.2) is 4.79 Å². The maximum absolute atomic E-state index is 11.0. The van der Waals surface area contributed by atoms with E-state index in [4.69, 9.17) is 10.4 Å². The number of carboxylic acid groups (broad SMARTS) is 1. The summed E-state index contributed by atoms with van der Waals surface area (Å²) in [6.45, 7) is 0. The van der Waals surface area contributed by atoms with Gasteiger partial charge in [0, 0.05) is 11.8 Å². The van der Waals surface area contributed by atoms with Gasteiger partial charge in [0.25, 0.3) is 5.69 Å². The van der Waals surface area contributed by atoms with Gasteiger partial charge in [-0.1, -0.05) is 0 Å². The van der Waals surface area contributed by atoms with E-state index in [1.807, 2.05) is 6.07 Å². The van der Waals surface area contributed by atoms with Gasteiger partial charge in [0.05, 0.1) is 22.1 Å². The predicted octanol–water partition coefficient (Wildman–Crippen LogP) is 2.91. The van der Waals surface area contributed by atoms with Crippen molar-refractivity contribution in [3.8, 4) is 6.07 Å². The Hall–Kier alpha value is -3.40. The van der Waals surface area contributed by atoms with E-state index in [1.54, 1.807) is 24.3 Å². The summed E-state index contributed by atoms with van der Waals surface area (Å²) in [5, 5.41) is 31.4. The molecule has 2 rings (SSSR count). The molecule has 0 aliphatic rings. The summed E-state index contributed by atoms with van der Waals surface area (Å²) < 4.78 is 0. The summed E-state index contributed by atoms with van der Waals surface area (Å²) >= 11 is 0. The molecule has 0 saturated carbocycles. The molecule has 0 aromatic heterocycles. The zero-order valence-corrected chi connectivity index (χ0v) is 10.6. The van der Waals surface area contributed by atoms with Gasteiger partial charge in [0.2, 0.25) is 0 Å². The molecule has 0 unspecified atom stereocenters. The minimum absolute atomic E-state index is 0.0586. The van der Waals surface area contributed by atoms with E-state index in [2.05, 4.69) is 5.32 Å². The molecule has 2 aromatic rings. The molecule has 0 heterocycles. The Morgan fingerprint density at radius 3 is 2.43 bits per heavy atom. The number of hydrogen-bond donors (Lipinski definition) is 2. The van der Waals surface area contributed by atoms with Gasteiger partial charge in [-0.15, -0.1) is 0 Å². The van der Waals surface area contributed by atoms with Crippen LogP contribution in [0.3, 0.4) is 0 Å². The predicted molar refractivity (Wildman–Crippen MR) is 74.5 cm³/mol. The number of nitro groups is 1. The van der Waals surface area contributed by atoms with Crippen LogP contribution in [0.1, 0.15) is 15.9 Å². The molecule has 7 heteroatoms. The Morgan fingerprint density at radius 1 is 1.24 bits per heavy atom. The molecule has 0 fully saturated rings. The fraction of sp³-hybridized carbons (Fsp3) is 0. The van der Waals surface area contributed by atoms with Crippen LogP contribution in [0.15, 0.2) is 42.5 Å². The Labute approximate surface area is 119 Å². The third-order valence-corrected chi connectivity index (χ3v) is 2.73. The number of benzene rings is 2. The number of nitriles is 1. The first-order valence-corrected chi connectivity index (χ1v) is 5.80. The van der Waals surface area contributed by atoms with Crippen molar-refractivity contribution >= 4 is 23.0 Å². The number of rotatable bonds is 4. The van der Waals surface area contributed by atoms with E-state index in [1.165, 1.54) is 12.1 Å². The lowest BCUT2D eigenvalue weighted by Crippen LogP contribution is -2.01. The fourth-order valence-corrected chi connectivity index (χ4v) is 1.71. The molecule has 2 aromatic carbocycles. The van der Waals surface area contributed by atoms with E-state index >= 15 is 0 Å². The first-order valence-electron chi connectivity index (χ1n) is 5.80. The topological polar surface area (TPSA) is 116 Å². The van der Waals surface area contributed by atoms with E-state index in [9.17, 15) is 14.9 Å². The van der Waals surface area contributed by atoms with Crippen LogP contribution in [0.25, 0.3) is 0 Å². The summed E-state index contributed by atoms with van der Waals surface area (Å²) in [5.41, 5.74) is 0.750. The molecular formula is C14H9N3O4. The fourth-order valence-electron chi connectivity index (χ4n) is 1.71. The molecule has 0 radical (unpaired) electrons. The maximum Gasteiger partial charge on any atom is 0.335 e. The first-order chi connectivity index (χ1) is 10.0. The molecule has 0 atom stereocenters. The van der Waals surface area contributed by atoms with Crippen LogP contribution in [0.5, 0.6) is 0 Å². The third kappa shape index (κ3) is 3.13. The van der Waals surface area contributed by atoms with Crippen molar-refractivity contribution in [2.75, 3.05) is 5.32 Å². The monoisotopic (exact) mass is 283 g/mol. The van der Waals surface area contributed by atoms with Gasteiger partial charge >= 0.3 is 5.97 Å². The molecule has 0 bridgehead atoms. The van der Waals surface area contributed by atoms with Crippen molar-refractivity contribution in [2.24, 2.45) is 0 Å². The molecule has 21 heavy (non-hydrogen) atoms. The minimum Gasteiger partial charge on any atom is -0.478 e. The second kappa shape index (κ2) is 5.71. The van der Waals surface area contributed by atoms with Crippen LogP contribution in [0, 0.1) is 21.4 Å². The molecule has 0 saturated heterocycles. The largest absolute Gasteiger partial charge is 0.478 e. The molecule has 2 N–H and O–H groups in total. The standard InChI is InChI=1S/C14H9N3O4/c15-8-9-1-4-11(5-2-9)16-12-7-10(14(18)19)3-6-13(12)17(20)21/h1-7,16H,(H,18,19). The van der Waals surface area contributed by atoms with Crippen molar-refractivity contribution in [1.29, 1.82) is 5.26 Å². The van der Waals surface area contributed by atoms with Gasteiger partial charge in [0.1, 0.15) is 5.69 Å². The summed E-state index contributed by atoms with van der Waals surface area (Å²) in [7, 11) is 0. The highest BCUT2D eigenvalue weighted by molar-refractivity contribution is 5.90. The zero-order chi connectivity index (χ0) is 15.4. The second-order valence-corrected chi connectivity index (χ2v) is 4.11. The number of nitrogens with one attached hydrogen (secondary N) is 1. The lowest BCUT2D eigenvalue weighted by atomic mass is 10.1. The van der Waals surface area contributed by atoms with Gasteiger partial charge in [0.15, 0.2) is 0 Å². The number of aromatic carboxylic acids is 1. The van der Waals surface area contributed by atoms with Crippen LogP contribution in [0.4, 0.5) is 17.1 Å². The van der Waals surface area contributed by atoms with Crippen LogP contribution < -0.4 is 5.32 Å². The summed E-state index contributed by atoms with van der Waals surface area (Å²) in [4.78, 5) is 21.3. The number of carboxylic acids is 1. The van der Waals surface area contributed by atoms with Crippen molar-refractivity contribution in [2.45, 2.75) is 0 Å². The third-order valence-electron chi connectivity index (χ3n) is 2.73. The number of anilines is 2. The highest BCUT2D eigenvalue weighted by Gasteiger charge is 2.16. The molecule has 104 valence electrons. The highest BCUT2D eigenvalue weighted by Crippen LogP contribution is 2.28. The van der Waals surface area contributed by atoms with Crippen LogP contribution in [-0.4, -0.2) is 16.0 Å². The number of hydrogen-bond acceptors (Lipinski definition) is 5. The van der Waals surface area contributed by atoms with Gasteiger partial charge in [-0.2, -0.15) is 5.26 Å². The molecular weight excluding hydrogens is 274 g/mol. The first kappa shape index (κ1) is 14.0. The van der Waals surface area contributed by atoms with Crippen molar-refractivity contribution in [1.82, 2.24) is 0 Å². The van der Waals surface area contributed by atoms with Crippen LogP contribution in [0.2, 0.25) is 0 Å². The summed E-state index contributed by atoms with van der Waals surface area (Å²) in [6.07, 6.45) is 0. The summed E-state index contributed by atoms with van der Waals surface area (Å²) in [5.74, 6) is -1.17. The van der Waals surface area contributed by atoms with Gasteiger partial charge in [-0.05, 0) is 36.4 Å². The maximum atomic E-state index is 11.0.